The molecule has 4 nitrogen and oxygen atoms in total. The van der Waals surface area contributed by atoms with Gasteiger partial charge in [0.2, 0.25) is 0 Å². The standard InChI is InChI=1S/C17H21F2N3O/c1-3-5-17(11-23-2)6-4-7-22(17)16-10-20-14-8-12(18)13(19)9-15(14)21-16/h8-10H,3-7,11H2,1-2H3. The van der Waals surface area contributed by atoms with Crippen molar-refractivity contribution in [2.75, 3.05) is 25.2 Å². The molecule has 124 valence electrons. The van der Waals surface area contributed by atoms with Gasteiger partial charge in [0.05, 0.1) is 29.4 Å². The number of rotatable bonds is 5. The summed E-state index contributed by atoms with van der Waals surface area (Å²) in [6.07, 6.45) is 5.77. The molecule has 0 spiro atoms. The number of fused-ring (bicyclic) bond motifs is 1. The van der Waals surface area contributed by atoms with Gasteiger partial charge in [-0.05, 0) is 19.3 Å². The fourth-order valence-corrected chi connectivity index (χ4v) is 3.64. The number of aromatic nitrogens is 2. The van der Waals surface area contributed by atoms with Crippen LogP contribution < -0.4 is 4.90 Å². The van der Waals surface area contributed by atoms with Gasteiger partial charge >= 0.3 is 0 Å². The van der Waals surface area contributed by atoms with Gasteiger partial charge in [-0.2, -0.15) is 0 Å². The molecule has 0 N–H and O–H groups in total. The van der Waals surface area contributed by atoms with Crippen molar-refractivity contribution in [2.45, 2.75) is 38.1 Å². The molecule has 1 unspecified atom stereocenters. The number of methoxy groups -OCH3 is 1. The molecule has 1 aromatic carbocycles. The molecule has 3 rings (SSSR count). The summed E-state index contributed by atoms with van der Waals surface area (Å²) in [5.41, 5.74) is 0.639. The minimum absolute atomic E-state index is 0.0928. The Kier molecular flexibility index (Phi) is 4.43. The minimum atomic E-state index is -0.902. The van der Waals surface area contributed by atoms with Crippen LogP contribution in [0.2, 0.25) is 0 Å². The topological polar surface area (TPSA) is 38.2 Å². The summed E-state index contributed by atoms with van der Waals surface area (Å²) < 4.78 is 32.2. The van der Waals surface area contributed by atoms with Crippen LogP contribution in [0.4, 0.5) is 14.6 Å². The van der Waals surface area contributed by atoms with E-state index in [1.54, 1.807) is 13.3 Å². The van der Waals surface area contributed by atoms with Crippen molar-refractivity contribution in [3.8, 4) is 0 Å². The maximum atomic E-state index is 13.5. The number of hydrogen-bond donors (Lipinski definition) is 0. The lowest BCUT2D eigenvalue weighted by molar-refractivity contribution is 0.127. The predicted molar refractivity (Wildman–Crippen MR) is 85.5 cm³/mol. The minimum Gasteiger partial charge on any atom is -0.382 e. The molecule has 0 bridgehead atoms. The highest BCUT2D eigenvalue weighted by molar-refractivity contribution is 5.76. The lowest BCUT2D eigenvalue weighted by Gasteiger charge is -2.38. The fourth-order valence-electron chi connectivity index (χ4n) is 3.64. The van der Waals surface area contributed by atoms with E-state index >= 15 is 0 Å². The van der Waals surface area contributed by atoms with Gasteiger partial charge in [-0.3, -0.25) is 4.98 Å². The first-order valence-corrected chi connectivity index (χ1v) is 7.98. The van der Waals surface area contributed by atoms with Crippen LogP contribution in [-0.2, 0) is 4.74 Å². The van der Waals surface area contributed by atoms with Crippen molar-refractivity contribution in [3.05, 3.63) is 30.0 Å². The largest absolute Gasteiger partial charge is 0.382 e. The molecule has 0 saturated carbocycles. The zero-order valence-corrected chi connectivity index (χ0v) is 13.5. The van der Waals surface area contributed by atoms with Gasteiger partial charge < -0.3 is 9.64 Å². The van der Waals surface area contributed by atoms with Crippen LogP contribution >= 0.6 is 0 Å². The van der Waals surface area contributed by atoms with Gasteiger partial charge in [-0.15, -0.1) is 0 Å². The zero-order chi connectivity index (χ0) is 16.4. The number of anilines is 1. The van der Waals surface area contributed by atoms with Crippen LogP contribution in [0.5, 0.6) is 0 Å². The molecule has 0 amide bonds. The average Bonchev–Trinajstić information content (AvgIpc) is 2.92. The van der Waals surface area contributed by atoms with Crippen LogP contribution in [0.15, 0.2) is 18.3 Å². The first-order valence-electron chi connectivity index (χ1n) is 7.98. The molecule has 1 fully saturated rings. The molecule has 6 heteroatoms. The second-order valence-corrected chi connectivity index (χ2v) is 6.15. The molecule has 1 aromatic heterocycles. The highest BCUT2D eigenvalue weighted by Gasteiger charge is 2.41. The molecule has 1 aliphatic rings. The van der Waals surface area contributed by atoms with E-state index < -0.39 is 11.6 Å². The van der Waals surface area contributed by atoms with Crippen LogP contribution in [0.1, 0.15) is 32.6 Å². The second kappa shape index (κ2) is 6.35. The lowest BCUT2D eigenvalue weighted by Crippen LogP contribution is -2.48. The van der Waals surface area contributed by atoms with Crippen molar-refractivity contribution in [3.63, 3.8) is 0 Å². The van der Waals surface area contributed by atoms with Crippen molar-refractivity contribution in [1.29, 1.82) is 0 Å². The van der Waals surface area contributed by atoms with Crippen molar-refractivity contribution >= 4 is 16.9 Å². The quantitative estimate of drug-likeness (QED) is 0.842. The highest BCUT2D eigenvalue weighted by atomic mass is 19.2. The number of nitrogens with zero attached hydrogens (tertiary/aromatic N) is 3. The fraction of sp³-hybridized carbons (Fsp3) is 0.529. The number of hydrogen-bond acceptors (Lipinski definition) is 4. The Hall–Kier alpha value is -1.82. The van der Waals surface area contributed by atoms with E-state index in [0.717, 1.165) is 44.4 Å². The van der Waals surface area contributed by atoms with E-state index in [2.05, 4.69) is 21.8 Å². The summed E-state index contributed by atoms with van der Waals surface area (Å²) in [6, 6.07) is 2.19. The molecule has 23 heavy (non-hydrogen) atoms. The summed E-state index contributed by atoms with van der Waals surface area (Å²) in [4.78, 5) is 11.0. The van der Waals surface area contributed by atoms with Crippen LogP contribution in [0.3, 0.4) is 0 Å². The van der Waals surface area contributed by atoms with E-state index in [4.69, 9.17) is 4.74 Å². The molecule has 1 saturated heterocycles. The Bertz CT molecular complexity index is 702. The second-order valence-electron chi connectivity index (χ2n) is 6.15. The van der Waals surface area contributed by atoms with Crippen molar-refractivity contribution in [2.24, 2.45) is 0 Å². The molecule has 0 radical (unpaired) electrons. The molecule has 0 aliphatic carbocycles. The highest BCUT2D eigenvalue weighted by Crippen LogP contribution is 2.37. The lowest BCUT2D eigenvalue weighted by atomic mass is 9.91. The Morgan fingerprint density at radius 3 is 2.70 bits per heavy atom. The van der Waals surface area contributed by atoms with Crippen LogP contribution in [0, 0.1) is 11.6 Å². The van der Waals surface area contributed by atoms with Crippen molar-refractivity contribution in [1.82, 2.24) is 9.97 Å². The predicted octanol–water partition coefficient (Wildman–Crippen LogP) is 3.69. The first-order chi connectivity index (χ1) is 11.1. The summed E-state index contributed by atoms with van der Waals surface area (Å²) in [7, 11) is 1.71. The monoisotopic (exact) mass is 321 g/mol. The van der Waals surface area contributed by atoms with Gasteiger partial charge in [0.1, 0.15) is 5.82 Å². The third kappa shape index (κ3) is 2.87. The summed E-state index contributed by atoms with van der Waals surface area (Å²) in [5, 5.41) is 0. The number of ether oxygens (including phenoxy) is 1. The third-order valence-electron chi connectivity index (χ3n) is 4.57. The zero-order valence-electron chi connectivity index (χ0n) is 13.5. The third-order valence-corrected chi connectivity index (χ3v) is 4.57. The maximum absolute atomic E-state index is 13.5. The molecule has 2 aromatic rings. The Balaban J connectivity index is 2.02. The van der Waals surface area contributed by atoms with E-state index in [0.29, 0.717) is 23.5 Å². The molecular formula is C17H21F2N3O. The van der Waals surface area contributed by atoms with E-state index in [-0.39, 0.29) is 5.54 Å². The van der Waals surface area contributed by atoms with Gasteiger partial charge in [-0.1, -0.05) is 13.3 Å². The normalized spacial score (nSPS) is 21.3. The summed E-state index contributed by atoms with van der Waals surface area (Å²) in [6.45, 7) is 3.64. The number of benzene rings is 1. The summed E-state index contributed by atoms with van der Waals surface area (Å²) in [5.74, 6) is -1.10. The Labute approximate surface area is 134 Å². The smallest absolute Gasteiger partial charge is 0.161 e. The van der Waals surface area contributed by atoms with Crippen LogP contribution in [-0.4, -0.2) is 35.8 Å². The van der Waals surface area contributed by atoms with Crippen molar-refractivity contribution < 1.29 is 13.5 Å². The van der Waals surface area contributed by atoms with Crippen LogP contribution in [0.25, 0.3) is 11.0 Å². The van der Waals surface area contributed by atoms with Gasteiger partial charge in [0.25, 0.3) is 0 Å². The SMILES string of the molecule is CCCC1(COC)CCCN1c1cnc2cc(F)c(F)cc2n1. The summed E-state index contributed by atoms with van der Waals surface area (Å²) >= 11 is 0. The van der Waals surface area contributed by atoms with Gasteiger partial charge in [0.15, 0.2) is 11.6 Å². The first kappa shape index (κ1) is 16.1. The maximum Gasteiger partial charge on any atom is 0.161 e. The van der Waals surface area contributed by atoms with E-state index in [9.17, 15) is 8.78 Å². The van der Waals surface area contributed by atoms with Gasteiger partial charge in [-0.25, -0.2) is 13.8 Å². The number of halogens is 2. The van der Waals surface area contributed by atoms with E-state index in [1.165, 1.54) is 0 Å². The average molecular weight is 321 g/mol. The Morgan fingerprint density at radius 1 is 1.26 bits per heavy atom. The molecule has 1 atom stereocenters. The molecular weight excluding hydrogens is 300 g/mol. The van der Waals surface area contributed by atoms with Gasteiger partial charge in [0, 0.05) is 25.8 Å². The van der Waals surface area contributed by atoms with E-state index in [1.807, 2.05) is 0 Å². The molecule has 2 heterocycles. The Morgan fingerprint density at radius 2 is 2.00 bits per heavy atom. The molecule has 1 aliphatic heterocycles.